The summed E-state index contributed by atoms with van der Waals surface area (Å²) >= 11 is -2.77. The summed E-state index contributed by atoms with van der Waals surface area (Å²) in [5.41, 5.74) is 24.0. The van der Waals surface area contributed by atoms with Crippen LogP contribution in [0.2, 0.25) is 8.26 Å². The van der Waals surface area contributed by atoms with Crippen LogP contribution in [0.4, 0.5) is 0 Å². The minimum atomic E-state index is -2.77. The van der Waals surface area contributed by atoms with Crippen molar-refractivity contribution >= 4 is 12.2 Å². The summed E-state index contributed by atoms with van der Waals surface area (Å²) in [5.74, 6) is 0. The average Bonchev–Trinajstić information content (AvgIpc) is 3.47. The molecule has 1 fully saturated rings. The quantitative estimate of drug-likeness (QED) is 0.221. The standard InChI is InChI=1S/2C20H21.C2H4.2ClH.Zr/c2*1-5-16-11-19-15(4)6-7-18(20(19)12-16)17-9-13(2)8-14(3)10-17;1-2;;;/h2*6-12H,5H2,1-4H3;1-2H2;2*1H;/q;;;;;+2/p-2. The van der Waals surface area contributed by atoms with Crippen LogP contribution >= 0.6 is 0 Å². The van der Waals surface area contributed by atoms with E-state index in [1.165, 1.54) is 75.0 Å². The Morgan fingerprint density at radius 3 is 1.20 bits per heavy atom. The van der Waals surface area contributed by atoms with Gasteiger partial charge in [0.1, 0.15) is 0 Å². The molecular weight excluding hydrogens is 667 g/mol. The fraction of sp³-hybridized carbons (Fsp3) is 0.333. The molecule has 2 aliphatic carbocycles. The Balaban J connectivity index is 0.00000200. The zero-order chi connectivity index (χ0) is 30.2. The molecule has 0 aromatic heterocycles. The van der Waals surface area contributed by atoms with Crippen LogP contribution in [0.3, 0.4) is 0 Å². The third-order valence-corrected chi connectivity index (χ3v) is 23.8. The van der Waals surface area contributed by atoms with Gasteiger partial charge in [-0.3, -0.25) is 0 Å². The second-order valence-electron chi connectivity index (χ2n) is 14.0. The molecule has 0 amide bonds. The van der Waals surface area contributed by atoms with Gasteiger partial charge in [0.15, 0.2) is 0 Å². The van der Waals surface area contributed by atoms with Gasteiger partial charge < -0.3 is 24.8 Å². The van der Waals surface area contributed by atoms with Gasteiger partial charge in [-0.05, 0) is 0 Å². The van der Waals surface area contributed by atoms with E-state index < -0.39 is 20.3 Å². The molecule has 3 aliphatic rings. The molecule has 0 saturated carbocycles. The molecule has 1 saturated heterocycles. The van der Waals surface area contributed by atoms with Crippen LogP contribution in [0.25, 0.3) is 34.4 Å². The SMILES string of the molecule is CCC1=Cc2c(-c3cc(C)cc(C)c3)ccc(C)c2[CH]1[Zr+2]1([CH]2C(CC)=Cc3c(-c4cc(C)cc(C)c4)ccc(C)c32)[CH2][CH2]1.[Cl-].[Cl-]. The van der Waals surface area contributed by atoms with E-state index in [0.717, 1.165) is 12.8 Å². The molecule has 0 N–H and O–H groups in total. The summed E-state index contributed by atoms with van der Waals surface area (Å²) in [7, 11) is 0. The van der Waals surface area contributed by atoms with Crippen molar-refractivity contribution < 1.29 is 45.1 Å². The normalized spacial score (nSPS) is 18.0. The molecule has 2 atom stereocenters. The minimum absolute atomic E-state index is 0. The number of allylic oxidation sites excluding steroid dienone is 2. The van der Waals surface area contributed by atoms with Crippen LogP contribution < -0.4 is 24.8 Å². The molecule has 45 heavy (non-hydrogen) atoms. The Bertz CT molecular complexity index is 1700. The fourth-order valence-corrected chi connectivity index (χ4v) is 27.4. The van der Waals surface area contributed by atoms with Crippen molar-refractivity contribution in [2.24, 2.45) is 0 Å². The third-order valence-electron chi connectivity index (χ3n) is 10.8. The Morgan fingerprint density at radius 1 is 0.533 bits per heavy atom. The summed E-state index contributed by atoms with van der Waals surface area (Å²) in [6.07, 6.45) is 7.63. The van der Waals surface area contributed by atoms with Crippen molar-refractivity contribution in [2.75, 3.05) is 0 Å². The van der Waals surface area contributed by atoms with Crippen molar-refractivity contribution in [1.82, 2.24) is 0 Å². The number of hydrogen-bond donors (Lipinski definition) is 0. The summed E-state index contributed by atoms with van der Waals surface area (Å²) in [4.78, 5) is 0. The predicted molar refractivity (Wildman–Crippen MR) is 184 cm³/mol. The van der Waals surface area contributed by atoms with Crippen molar-refractivity contribution in [3.63, 3.8) is 0 Å². The molecule has 4 aromatic carbocycles. The monoisotopic (exact) mass is 710 g/mol. The second kappa shape index (κ2) is 12.8. The number of rotatable bonds is 6. The molecule has 3 heteroatoms. The van der Waals surface area contributed by atoms with E-state index in [0.29, 0.717) is 7.25 Å². The maximum absolute atomic E-state index is 2.77. The zero-order valence-corrected chi connectivity index (χ0v) is 32.1. The molecule has 1 heterocycles. The number of benzene rings is 4. The molecule has 7 rings (SSSR count). The van der Waals surface area contributed by atoms with E-state index in [2.05, 4.69) is 128 Å². The molecular formula is C42H46Cl2Zr. The average molecular weight is 713 g/mol. The van der Waals surface area contributed by atoms with Crippen molar-refractivity contribution in [3.05, 3.63) is 127 Å². The van der Waals surface area contributed by atoms with Crippen LogP contribution in [-0.4, -0.2) is 0 Å². The van der Waals surface area contributed by atoms with Crippen LogP contribution in [0.15, 0.2) is 71.8 Å². The van der Waals surface area contributed by atoms with E-state index in [-0.39, 0.29) is 24.8 Å². The Kier molecular flexibility index (Phi) is 9.71. The zero-order valence-electron chi connectivity index (χ0n) is 28.2. The van der Waals surface area contributed by atoms with Gasteiger partial charge in [-0.1, -0.05) is 0 Å². The van der Waals surface area contributed by atoms with Crippen LogP contribution in [0.5, 0.6) is 0 Å². The van der Waals surface area contributed by atoms with Crippen LogP contribution in [-0.2, 0) is 20.3 Å². The van der Waals surface area contributed by atoms with Crippen molar-refractivity contribution in [1.29, 1.82) is 0 Å². The van der Waals surface area contributed by atoms with E-state index in [4.69, 9.17) is 0 Å². The molecule has 0 radical (unpaired) electrons. The molecule has 1 aliphatic heterocycles. The minimum Gasteiger partial charge on any atom is -1.00 e. The second-order valence-corrected chi connectivity index (χ2v) is 25.4. The largest absolute Gasteiger partial charge is 1.00 e. The van der Waals surface area contributed by atoms with Gasteiger partial charge in [0, 0.05) is 0 Å². The first-order valence-electron chi connectivity index (χ1n) is 16.5. The molecule has 232 valence electrons. The maximum atomic E-state index is 2.65. The number of hydrogen-bond acceptors (Lipinski definition) is 0. The topological polar surface area (TPSA) is 0 Å². The van der Waals surface area contributed by atoms with Crippen LogP contribution in [0.1, 0.15) is 89.6 Å². The van der Waals surface area contributed by atoms with Crippen LogP contribution in [0, 0.1) is 41.5 Å². The van der Waals surface area contributed by atoms with Gasteiger partial charge >= 0.3 is 266 Å². The van der Waals surface area contributed by atoms with E-state index in [1.807, 2.05) is 0 Å². The molecule has 0 bridgehead atoms. The first-order chi connectivity index (χ1) is 20.6. The summed E-state index contributed by atoms with van der Waals surface area (Å²) in [5, 5.41) is 0. The number of fused-ring (bicyclic) bond motifs is 2. The first kappa shape index (κ1) is 34.2. The Morgan fingerprint density at radius 2 is 0.889 bits per heavy atom. The number of halogens is 2. The molecule has 0 spiro atoms. The van der Waals surface area contributed by atoms with Gasteiger partial charge in [-0.2, -0.15) is 0 Å². The summed E-state index contributed by atoms with van der Waals surface area (Å²) < 4.78 is 4.40. The van der Waals surface area contributed by atoms with Gasteiger partial charge in [0.25, 0.3) is 0 Å². The maximum Gasteiger partial charge on any atom is -1.00 e. The number of aryl methyl sites for hydroxylation is 6. The van der Waals surface area contributed by atoms with Gasteiger partial charge in [-0.25, -0.2) is 0 Å². The summed E-state index contributed by atoms with van der Waals surface area (Å²) in [6, 6.07) is 23.9. The smallest absolute Gasteiger partial charge is 1.00 e. The Labute approximate surface area is 288 Å². The summed E-state index contributed by atoms with van der Waals surface area (Å²) in [6.45, 7) is 18.6. The van der Waals surface area contributed by atoms with E-state index in [1.54, 1.807) is 22.3 Å². The van der Waals surface area contributed by atoms with Crippen molar-refractivity contribution in [3.8, 4) is 22.3 Å². The Hall–Kier alpha value is -2.18. The van der Waals surface area contributed by atoms with E-state index >= 15 is 0 Å². The first-order valence-corrected chi connectivity index (χ1v) is 22.8. The van der Waals surface area contributed by atoms with E-state index in [9.17, 15) is 0 Å². The molecule has 2 unspecified atom stereocenters. The fourth-order valence-electron chi connectivity index (χ4n) is 9.05. The molecule has 4 aromatic rings. The van der Waals surface area contributed by atoms with Gasteiger partial charge in [0.2, 0.25) is 0 Å². The van der Waals surface area contributed by atoms with Crippen molar-refractivity contribution in [2.45, 2.75) is 83.7 Å². The third kappa shape index (κ3) is 5.60. The van der Waals surface area contributed by atoms with Gasteiger partial charge in [-0.15, -0.1) is 0 Å². The molecule has 0 nitrogen and oxygen atoms in total. The van der Waals surface area contributed by atoms with Gasteiger partial charge in [0.05, 0.1) is 0 Å². The predicted octanol–water partition coefficient (Wildman–Crippen LogP) is 6.28.